The predicted molar refractivity (Wildman–Crippen MR) is 93.1 cm³/mol. The van der Waals surface area contributed by atoms with E-state index in [0.717, 1.165) is 23.3 Å². The van der Waals surface area contributed by atoms with Crippen LogP contribution in [-0.4, -0.2) is 20.7 Å². The first kappa shape index (κ1) is 17.5. The van der Waals surface area contributed by atoms with Gasteiger partial charge in [-0.15, -0.1) is 10.2 Å². The van der Waals surface area contributed by atoms with E-state index in [1.54, 1.807) is 11.8 Å². The number of amides is 1. The molecule has 1 heterocycles. The van der Waals surface area contributed by atoms with Gasteiger partial charge in [0.25, 0.3) is 0 Å². The molecule has 0 fully saturated rings. The van der Waals surface area contributed by atoms with Gasteiger partial charge in [-0.25, -0.2) is 0 Å². The summed E-state index contributed by atoms with van der Waals surface area (Å²) in [6.45, 7) is 7.25. The van der Waals surface area contributed by atoms with Crippen LogP contribution in [-0.2, 0) is 23.5 Å². The molecule has 1 aromatic carbocycles. The monoisotopic (exact) mass is 332 g/mol. The number of nitrogens with two attached hydrogens (primary N) is 1. The molecule has 0 saturated heterocycles. The van der Waals surface area contributed by atoms with E-state index in [9.17, 15) is 4.79 Å². The van der Waals surface area contributed by atoms with Crippen molar-refractivity contribution in [1.29, 1.82) is 0 Å². The van der Waals surface area contributed by atoms with Crippen LogP contribution in [0.25, 0.3) is 0 Å². The van der Waals surface area contributed by atoms with E-state index in [2.05, 4.69) is 59.8 Å². The van der Waals surface area contributed by atoms with Gasteiger partial charge in [0.2, 0.25) is 5.91 Å². The van der Waals surface area contributed by atoms with Crippen LogP contribution in [0.15, 0.2) is 29.4 Å². The molecule has 0 bridgehead atoms. The fourth-order valence-corrected chi connectivity index (χ4v) is 3.15. The number of aryl methyl sites for hydroxylation is 2. The number of primary amides is 1. The summed E-state index contributed by atoms with van der Waals surface area (Å²) in [6, 6.07) is 8.51. The zero-order chi connectivity index (χ0) is 16.8. The highest BCUT2D eigenvalue weighted by Crippen LogP contribution is 2.23. The van der Waals surface area contributed by atoms with E-state index in [4.69, 9.17) is 5.73 Å². The van der Waals surface area contributed by atoms with Crippen LogP contribution in [0, 0.1) is 12.8 Å². The summed E-state index contributed by atoms with van der Waals surface area (Å²) in [6.07, 6.45) is 0.846. The van der Waals surface area contributed by atoms with Crippen LogP contribution in [0.2, 0.25) is 0 Å². The number of carbonyl (C=O) groups is 1. The first-order valence-electron chi connectivity index (χ1n) is 7.84. The van der Waals surface area contributed by atoms with Crippen LogP contribution in [0.4, 0.5) is 0 Å². The van der Waals surface area contributed by atoms with Gasteiger partial charge in [0, 0.05) is 25.1 Å². The average Bonchev–Trinajstić information content (AvgIpc) is 2.86. The van der Waals surface area contributed by atoms with Crippen molar-refractivity contribution in [2.24, 2.45) is 11.7 Å². The van der Waals surface area contributed by atoms with Gasteiger partial charge in [0.1, 0.15) is 5.82 Å². The minimum atomic E-state index is -0.307. The van der Waals surface area contributed by atoms with Crippen LogP contribution < -0.4 is 5.73 Å². The molecule has 6 heteroatoms. The molecule has 0 radical (unpaired) electrons. The van der Waals surface area contributed by atoms with Crippen molar-refractivity contribution in [3.8, 4) is 0 Å². The van der Waals surface area contributed by atoms with E-state index in [0.29, 0.717) is 18.8 Å². The fraction of sp³-hybridized carbons (Fsp3) is 0.471. The van der Waals surface area contributed by atoms with Crippen LogP contribution in [0.5, 0.6) is 0 Å². The SMILES string of the molecule is Cc1ccc(CSc2nnc(CCC(N)=O)n2CC(C)C)cc1. The van der Waals surface area contributed by atoms with E-state index in [-0.39, 0.29) is 5.91 Å². The molecule has 0 saturated carbocycles. The highest BCUT2D eigenvalue weighted by Gasteiger charge is 2.14. The van der Waals surface area contributed by atoms with Gasteiger partial charge in [0.05, 0.1) is 0 Å². The molecule has 0 atom stereocenters. The fourth-order valence-electron chi connectivity index (χ4n) is 2.23. The standard InChI is InChI=1S/C17H24N4OS/c1-12(2)10-21-16(9-8-15(18)22)19-20-17(21)23-11-14-6-4-13(3)5-7-14/h4-7,12H,8-11H2,1-3H3,(H2,18,22). The quantitative estimate of drug-likeness (QED) is 0.754. The van der Waals surface area contributed by atoms with E-state index in [1.807, 2.05) is 0 Å². The molecule has 5 nitrogen and oxygen atoms in total. The Kier molecular flexibility index (Phi) is 6.21. The Morgan fingerprint density at radius 1 is 1.26 bits per heavy atom. The van der Waals surface area contributed by atoms with Crippen molar-refractivity contribution < 1.29 is 4.79 Å². The summed E-state index contributed by atoms with van der Waals surface area (Å²) >= 11 is 1.68. The average molecular weight is 332 g/mol. The van der Waals surface area contributed by atoms with Crippen molar-refractivity contribution in [2.75, 3.05) is 0 Å². The van der Waals surface area contributed by atoms with Gasteiger partial charge in [-0.05, 0) is 18.4 Å². The van der Waals surface area contributed by atoms with Gasteiger partial charge >= 0.3 is 0 Å². The van der Waals surface area contributed by atoms with Crippen molar-refractivity contribution in [3.63, 3.8) is 0 Å². The molecule has 2 aromatic rings. The lowest BCUT2D eigenvalue weighted by atomic mass is 10.2. The predicted octanol–water partition coefficient (Wildman–Crippen LogP) is 2.95. The Morgan fingerprint density at radius 3 is 2.57 bits per heavy atom. The number of nitrogens with zero attached hydrogens (tertiary/aromatic N) is 3. The number of rotatable bonds is 8. The third-order valence-corrected chi connectivity index (χ3v) is 4.46. The normalized spacial score (nSPS) is 11.1. The molecule has 0 aliphatic heterocycles. The molecule has 1 amide bonds. The summed E-state index contributed by atoms with van der Waals surface area (Å²) in [7, 11) is 0. The summed E-state index contributed by atoms with van der Waals surface area (Å²) in [5.74, 6) is 1.87. The maximum Gasteiger partial charge on any atom is 0.217 e. The first-order chi connectivity index (χ1) is 11.0. The summed E-state index contributed by atoms with van der Waals surface area (Å²) < 4.78 is 2.12. The van der Waals surface area contributed by atoms with Crippen LogP contribution in [0.3, 0.4) is 0 Å². The Morgan fingerprint density at radius 2 is 1.96 bits per heavy atom. The Hall–Kier alpha value is -1.82. The molecular formula is C17H24N4OS. The number of hydrogen-bond acceptors (Lipinski definition) is 4. The maximum atomic E-state index is 11.0. The smallest absolute Gasteiger partial charge is 0.217 e. The minimum absolute atomic E-state index is 0.304. The van der Waals surface area contributed by atoms with Crippen molar-refractivity contribution >= 4 is 17.7 Å². The second-order valence-corrected chi connectivity index (χ2v) is 7.09. The molecule has 2 N–H and O–H groups in total. The van der Waals surface area contributed by atoms with Crippen molar-refractivity contribution in [1.82, 2.24) is 14.8 Å². The third kappa shape index (κ3) is 5.39. The Labute approximate surface area is 141 Å². The van der Waals surface area contributed by atoms with Gasteiger partial charge in [-0.1, -0.05) is 55.4 Å². The number of aromatic nitrogens is 3. The molecule has 0 unspecified atom stereocenters. The van der Waals surface area contributed by atoms with Gasteiger partial charge in [-0.3, -0.25) is 4.79 Å². The molecule has 0 spiro atoms. The molecule has 0 aliphatic carbocycles. The molecule has 0 aliphatic rings. The zero-order valence-electron chi connectivity index (χ0n) is 14.0. The molecule has 1 aromatic heterocycles. The molecule has 2 rings (SSSR count). The molecule has 124 valence electrons. The third-order valence-electron chi connectivity index (χ3n) is 3.42. The lowest BCUT2D eigenvalue weighted by Crippen LogP contribution is -2.15. The lowest BCUT2D eigenvalue weighted by Gasteiger charge is -2.12. The first-order valence-corrected chi connectivity index (χ1v) is 8.83. The number of thioether (sulfide) groups is 1. The molecule has 23 heavy (non-hydrogen) atoms. The number of hydrogen-bond donors (Lipinski definition) is 1. The van der Waals surface area contributed by atoms with Gasteiger partial charge < -0.3 is 10.3 Å². The second-order valence-electron chi connectivity index (χ2n) is 6.14. The van der Waals surface area contributed by atoms with E-state index < -0.39 is 0 Å². The van der Waals surface area contributed by atoms with Crippen LogP contribution >= 0.6 is 11.8 Å². The van der Waals surface area contributed by atoms with Gasteiger partial charge in [0.15, 0.2) is 5.16 Å². The summed E-state index contributed by atoms with van der Waals surface area (Å²) in [5.41, 5.74) is 7.77. The largest absolute Gasteiger partial charge is 0.370 e. The zero-order valence-corrected chi connectivity index (χ0v) is 14.8. The van der Waals surface area contributed by atoms with Crippen molar-refractivity contribution in [2.45, 2.75) is 51.1 Å². The van der Waals surface area contributed by atoms with Crippen molar-refractivity contribution in [3.05, 3.63) is 41.2 Å². The van der Waals surface area contributed by atoms with E-state index in [1.165, 1.54) is 11.1 Å². The maximum absolute atomic E-state index is 11.0. The topological polar surface area (TPSA) is 73.8 Å². The van der Waals surface area contributed by atoms with Crippen LogP contribution in [0.1, 0.15) is 37.2 Å². The number of benzene rings is 1. The highest BCUT2D eigenvalue weighted by atomic mass is 32.2. The minimum Gasteiger partial charge on any atom is -0.370 e. The Bertz CT molecular complexity index is 649. The highest BCUT2D eigenvalue weighted by molar-refractivity contribution is 7.98. The summed E-state index contributed by atoms with van der Waals surface area (Å²) in [5, 5.41) is 9.46. The van der Waals surface area contributed by atoms with Gasteiger partial charge in [-0.2, -0.15) is 0 Å². The Balaban J connectivity index is 2.10. The summed E-state index contributed by atoms with van der Waals surface area (Å²) in [4.78, 5) is 11.0. The second kappa shape index (κ2) is 8.15. The lowest BCUT2D eigenvalue weighted by molar-refractivity contribution is -0.118. The molecular weight excluding hydrogens is 308 g/mol. The van der Waals surface area contributed by atoms with E-state index >= 15 is 0 Å². The number of carbonyl (C=O) groups excluding carboxylic acids is 1.